The van der Waals surface area contributed by atoms with E-state index in [9.17, 15) is 0 Å². The predicted octanol–water partition coefficient (Wildman–Crippen LogP) is 3.19. The van der Waals surface area contributed by atoms with Gasteiger partial charge >= 0.3 is 0 Å². The second kappa shape index (κ2) is 3.84. The summed E-state index contributed by atoms with van der Waals surface area (Å²) < 4.78 is 1.46. The third-order valence-corrected chi connectivity index (χ3v) is 4.98. The zero-order valence-electron chi connectivity index (χ0n) is 10.1. The monoisotopic (exact) mass is 196 g/mol. The van der Waals surface area contributed by atoms with Crippen LogP contribution in [0.2, 0.25) is 0 Å². The van der Waals surface area contributed by atoms with E-state index < -0.39 is 0 Å². The molecule has 0 amide bonds. The smallest absolute Gasteiger partial charge is 0.0866 e. The van der Waals surface area contributed by atoms with E-state index in [0.29, 0.717) is 0 Å². The molecular weight excluding hydrogens is 170 g/mol. The number of nitrogens with zero attached hydrogens (tertiary/aromatic N) is 1. The van der Waals surface area contributed by atoms with Crippen LogP contribution in [0.15, 0.2) is 0 Å². The Morgan fingerprint density at radius 3 is 2.14 bits per heavy atom. The molecule has 82 valence electrons. The maximum Gasteiger partial charge on any atom is 0.0866 e. The highest BCUT2D eigenvalue weighted by Gasteiger charge is 2.43. The molecule has 1 spiro atoms. The van der Waals surface area contributed by atoms with Gasteiger partial charge < -0.3 is 4.48 Å². The molecule has 2 rings (SSSR count). The van der Waals surface area contributed by atoms with Gasteiger partial charge in [-0.3, -0.25) is 0 Å². The molecule has 3 atom stereocenters. The number of hydrogen-bond acceptors (Lipinski definition) is 0. The van der Waals surface area contributed by atoms with E-state index in [1.165, 1.54) is 49.7 Å². The van der Waals surface area contributed by atoms with E-state index >= 15 is 0 Å². The molecule has 0 saturated carbocycles. The highest BCUT2D eigenvalue weighted by atomic mass is 15.4. The highest BCUT2D eigenvalue weighted by Crippen LogP contribution is 2.36. The summed E-state index contributed by atoms with van der Waals surface area (Å²) in [4.78, 5) is 0. The normalized spacial score (nSPS) is 42.6. The predicted molar refractivity (Wildman–Crippen MR) is 61.2 cm³/mol. The lowest BCUT2D eigenvalue weighted by Gasteiger charge is -2.44. The molecule has 0 N–H and O–H groups in total. The van der Waals surface area contributed by atoms with Crippen LogP contribution in [0, 0.1) is 5.92 Å². The van der Waals surface area contributed by atoms with Crippen LogP contribution in [0.1, 0.15) is 52.9 Å². The average molecular weight is 196 g/mol. The molecule has 0 radical (unpaired) electrons. The van der Waals surface area contributed by atoms with Gasteiger partial charge in [-0.25, -0.2) is 0 Å². The molecule has 2 fully saturated rings. The zero-order chi connectivity index (χ0) is 10.2. The van der Waals surface area contributed by atoms with Gasteiger partial charge in [0.15, 0.2) is 0 Å². The van der Waals surface area contributed by atoms with Crippen molar-refractivity contribution in [1.82, 2.24) is 0 Å². The van der Waals surface area contributed by atoms with E-state index in [1.54, 1.807) is 0 Å². The van der Waals surface area contributed by atoms with E-state index in [4.69, 9.17) is 0 Å². The number of rotatable bonds is 0. The van der Waals surface area contributed by atoms with Crippen molar-refractivity contribution >= 4 is 0 Å². The van der Waals surface area contributed by atoms with Crippen molar-refractivity contribution in [3.63, 3.8) is 0 Å². The number of hydrogen-bond donors (Lipinski definition) is 0. The van der Waals surface area contributed by atoms with Gasteiger partial charge in [-0.1, -0.05) is 6.92 Å². The van der Waals surface area contributed by atoms with Crippen LogP contribution < -0.4 is 0 Å². The molecule has 0 aromatic heterocycles. The summed E-state index contributed by atoms with van der Waals surface area (Å²) in [5.41, 5.74) is 0. The first kappa shape index (κ1) is 10.5. The minimum atomic E-state index is 0.921. The Bertz CT molecular complexity index is 193. The molecule has 1 nitrogen and oxygen atoms in total. The lowest BCUT2D eigenvalue weighted by atomic mass is 9.99. The molecule has 1 heteroatoms. The third-order valence-electron chi connectivity index (χ3n) is 4.98. The van der Waals surface area contributed by atoms with Crippen LogP contribution in [0.4, 0.5) is 0 Å². The molecule has 0 aliphatic carbocycles. The number of quaternary nitrogens is 1. The second-order valence-corrected chi connectivity index (χ2v) is 5.87. The van der Waals surface area contributed by atoms with Gasteiger partial charge in [0.1, 0.15) is 0 Å². The largest absolute Gasteiger partial charge is 0.319 e. The molecule has 2 aliphatic heterocycles. The summed E-state index contributed by atoms with van der Waals surface area (Å²) in [5.74, 6) is 0.963. The Balaban J connectivity index is 2.18. The lowest BCUT2D eigenvalue weighted by molar-refractivity contribution is -0.959. The second-order valence-electron chi connectivity index (χ2n) is 5.87. The topological polar surface area (TPSA) is 0 Å². The van der Waals surface area contributed by atoms with Crippen molar-refractivity contribution in [3.05, 3.63) is 0 Å². The maximum atomic E-state index is 2.50. The maximum absolute atomic E-state index is 2.50. The lowest BCUT2D eigenvalue weighted by Crippen LogP contribution is -2.56. The highest BCUT2D eigenvalue weighted by molar-refractivity contribution is 4.73. The minimum Gasteiger partial charge on any atom is -0.319 e. The molecular formula is C13H26N+. The quantitative estimate of drug-likeness (QED) is 0.522. The summed E-state index contributed by atoms with van der Waals surface area (Å²) in [6, 6.07) is 1.85. The minimum absolute atomic E-state index is 0.921. The van der Waals surface area contributed by atoms with Crippen molar-refractivity contribution < 1.29 is 4.48 Å². The summed E-state index contributed by atoms with van der Waals surface area (Å²) >= 11 is 0. The first-order valence-electron chi connectivity index (χ1n) is 6.51. The summed E-state index contributed by atoms with van der Waals surface area (Å²) in [6.07, 6.45) is 7.34. The SMILES string of the molecule is CC1CCC(C)[N+]2(CCCC2)C(C)C1. The molecule has 2 heterocycles. The summed E-state index contributed by atoms with van der Waals surface area (Å²) in [6.45, 7) is 10.4. The first-order valence-corrected chi connectivity index (χ1v) is 6.51. The molecule has 14 heavy (non-hydrogen) atoms. The Labute approximate surface area is 89.1 Å². The van der Waals surface area contributed by atoms with E-state index in [-0.39, 0.29) is 0 Å². The van der Waals surface area contributed by atoms with Crippen LogP contribution in [0.25, 0.3) is 0 Å². The van der Waals surface area contributed by atoms with Crippen molar-refractivity contribution in [2.75, 3.05) is 13.1 Å². The summed E-state index contributed by atoms with van der Waals surface area (Å²) in [5, 5.41) is 0. The van der Waals surface area contributed by atoms with E-state index in [2.05, 4.69) is 20.8 Å². The van der Waals surface area contributed by atoms with Gasteiger partial charge in [-0.2, -0.15) is 0 Å². The fourth-order valence-electron chi connectivity index (χ4n) is 3.93. The van der Waals surface area contributed by atoms with Crippen molar-refractivity contribution in [2.45, 2.75) is 65.0 Å². The Morgan fingerprint density at radius 2 is 1.50 bits per heavy atom. The summed E-state index contributed by atoms with van der Waals surface area (Å²) in [7, 11) is 0. The third kappa shape index (κ3) is 1.60. The fourth-order valence-corrected chi connectivity index (χ4v) is 3.93. The van der Waals surface area contributed by atoms with Crippen molar-refractivity contribution in [2.24, 2.45) is 5.92 Å². The van der Waals surface area contributed by atoms with Gasteiger partial charge in [0.25, 0.3) is 0 Å². The van der Waals surface area contributed by atoms with Gasteiger partial charge in [0.2, 0.25) is 0 Å². The van der Waals surface area contributed by atoms with Gasteiger partial charge in [-0.15, -0.1) is 0 Å². The molecule has 2 aliphatic rings. The van der Waals surface area contributed by atoms with Crippen molar-refractivity contribution in [3.8, 4) is 0 Å². The van der Waals surface area contributed by atoms with Crippen LogP contribution in [-0.4, -0.2) is 29.7 Å². The van der Waals surface area contributed by atoms with Gasteiger partial charge in [-0.05, 0) is 32.6 Å². The standard InChI is InChI=1S/C13H26N/c1-11-6-7-12(2)14(13(3)10-11)8-4-5-9-14/h11-13H,4-10H2,1-3H3/q+1. The van der Waals surface area contributed by atoms with Crippen LogP contribution in [0.5, 0.6) is 0 Å². The Morgan fingerprint density at radius 1 is 0.857 bits per heavy atom. The van der Waals surface area contributed by atoms with Gasteiger partial charge in [0, 0.05) is 19.3 Å². The van der Waals surface area contributed by atoms with E-state index in [1.807, 2.05) is 0 Å². The molecule has 0 bridgehead atoms. The average Bonchev–Trinajstić information content (AvgIpc) is 2.60. The molecule has 0 aromatic carbocycles. The zero-order valence-corrected chi connectivity index (χ0v) is 10.1. The van der Waals surface area contributed by atoms with Crippen LogP contribution >= 0.6 is 0 Å². The fraction of sp³-hybridized carbons (Fsp3) is 1.00. The van der Waals surface area contributed by atoms with Crippen molar-refractivity contribution in [1.29, 1.82) is 0 Å². The van der Waals surface area contributed by atoms with Crippen LogP contribution in [-0.2, 0) is 0 Å². The molecule has 3 unspecified atom stereocenters. The Hall–Kier alpha value is -0.0400. The Kier molecular flexibility index (Phi) is 2.88. The molecule has 0 aromatic rings. The van der Waals surface area contributed by atoms with E-state index in [0.717, 1.165) is 18.0 Å². The van der Waals surface area contributed by atoms with Gasteiger partial charge in [0.05, 0.1) is 25.2 Å². The van der Waals surface area contributed by atoms with Crippen LogP contribution in [0.3, 0.4) is 0 Å². The first-order chi connectivity index (χ1) is 6.65. The molecule has 2 saturated heterocycles.